The lowest BCUT2D eigenvalue weighted by Gasteiger charge is -2.40. The predicted octanol–water partition coefficient (Wildman–Crippen LogP) is 4.13. The van der Waals surface area contributed by atoms with Gasteiger partial charge < -0.3 is 24.1 Å². The molecule has 0 unspecified atom stereocenters. The molecule has 0 spiro atoms. The van der Waals surface area contributed by atoms with Gasteiger partial charge in [0.05, 0.1) is 33.0 Å². The molecule has 32 heavy (non-hydrogen) atoms. The molecule has 0 bridgehead atoms. The van der Waals surface area contributed by atoms with Crippen LogP contribution in [-0.4, -0.2) is 42.7 Å². The molecule has 4 atom stereocenters. The van der Waals surface area contributed by atoms with Gasteiger partial charge in [-0.2, -0.15) is 0 Å². The molecule has 1 heterocycles. The van der Waals surface area contributed by atoms with Gasteiger partial charge in [0.15, 0.2) is 0 Å². The van der Waals surface area contributed by atoms with E-state index in [1.165, 1.54) is 0 Å². The van der Waals surface area contributed by atoms with E-state index in [0.29, 0.717) is 26.4 Å². The number of benzene rings is 3. The molecule has 4 rings (SSSR count). The van der Waals surface area contributed by atoms with Gasteiger partial charge in [-0.15, -0.1) is 0 Å². The van der Waals surface area contributed by atoms with E-state index in [2.05, 4.69) is 0 Å². The van der Waals surface area contributed by atoms with Crippen LogP contribution in [0.3, 0.4) is 0 Å². The molecule has 1 aliphatic rings. The van der Waals surface area contributed by atoms with Crippen LogP contribution in [0.2, 0.25) is 0 Å². The van der Waals surface area contributed by atoms with Gasteiger partial charge in [-0.05, 0) is 16.7 Å². The van der Waals surface area contributed by atoms with E-state index in [1.54, 1.807) is 0 Å². The lowest BCUT2D eigenvalue weighted by atomic mass is 9.99. The number of hydrogen-bond acceptors (Lipinski definition) is 5. The first kappa shape index (κ1) is 22.6. The zero-order valence-corrected chi connectivity index (χ0v) is 18.1. The normalized spacial score (nSPS) is 23.2. The van der Waals surface area contributed by atoms with Crippen LogP contribution in [0.15, 0.2) is 91.0 Å². The van der Waals surface area contributed by atoms with E-state index < -0.39 is 18.3 Å². The Bertz CT molecular complexity index is 903. The number of hydrogen-bond donors (Lipinski definition) is 1. The largest absolute Gasteiger partial charge is 0.388 e. The second-order valence-electron chi connectivity index (χ2n) is 7.96. The summed E-state index contributed by atoms with van der Waals surface area (Å²) in [6.07, 6.45) is -2.09. The minimum Gasteiger partial charge on any atom is -0.388 e. The van der Waals surface area contributed by atoms with Crippen molar-refractivity contribution in [2.45, 2.75) is 44.2 Å². The van der Waals surface area contributed by atoms with Gasteiger partial charge in [0, 0.05) is 0 Å². The van der Waals surface area contributed by atoms with Crippen molar-refractivity contribution < 1.29 is 24.1 Å². The molecular weight excluding hydrogens is 404 g/mol. The molecular formula is C27H30O5. The molecule has 5 nitrogen and oxygen atoms in total. The second kappa shape index (κ2) is 11.9. The number of aliphatic hydroxyl groups is 1. The standard InChI is InChI=1S/C27H30O5/c28-24-19-30-25(20-29-16-21-10-4-1-5-11-21)27(32-18-23-14-8-3-9-15-23)26(24)31-17-22-12-6-2-7-13-22/h1-15,24-28H,16-20H2/t24-,25+,26+,27+/m0/s1. The van der Waals surface area contributed by atoms with E-state index in [0.717, 1.165) is 16.7 Å². The van der Waals surface area contributed by atoms with Gasteiger partial charge in [0.1, 0.15) is 24.4 Å². The summed E-state index contributed by atoms with van der Waals surface area (Å²) in [4.78, 5) is 0. The lowest BCUT2D eigenvalue weighted by Crippen LogP contribution is -2.56. The maximum Gasteiger partial charge on any atom is 0.115 e. The molecule has 168 valence electrons. The Kier molecular flexibility index (Phi) is 8.42. The van der Waals surface area contributed by atoms with Crippen molar-refractivity contribution in [1.82, 2.24) is 0 Å². The van der Waals surface area contributed by atoms with Gasteiger partial charge >= 0.3 is 0 Å². The quantitative estimate of drug-likeness (QED) is 0.520. The summed E-state index contributed by atoms with van der Waals surface area (Å²) in [5.41, 5.74) is 3.20. The van der Waals surface area contributed by atoms with Crippen molar-refractivity contribution in [3.8, 4) is 0 Å². The van der Waals surface area contributed by atoms with E-state index in [-0.39, 0.29) is 12.7 Å². The minimum absolute atomic E-state index is 0.185. The molecule has 1 fully saturated rings. The van der Waals surface area contributed by atoms with Crippen LogP contribution in [0, 0.1) is 0 Å². The average Bonchev–Trinajstić information content (AvgIpc) is 2.85. The van der Waals surface area contributed by atoms with Crippen LogP contribution < -0.4 is 0 Å². The van der Waals surface area contributed by atoms with Crippen molar-refractivity contribution in [2.75, 3.05) is 13.2 Å². The third-order valence-corrected chi connectivity index (χ3v) is 5.51. The van der Waals surface area contributed by atoms with Crippen molar-refractivity contribution in [3.63, 3.8) is 0 Å². The number of ether oxygens (including phenoxy) is 4. The maximum absolute atomic E-state index is 10.7. The first-order valence-corrected chi connectivity index (χ1v) is 11.0. The molecule has 1 aliphatic heterocycles. The summed E-state index contributed by atoms with van der Waals surface area (Å²) in [6, 6.07) is 29.9. The Hall–Kier alpha value is -2.54. The highest BCUT2D eigenvalue weighted by molar-refractivity contribution is 5.15. The fraction of sp³-hybridized carbons (Fsp3) is 0.333. The van der Waals surface area contributed by atoms with Crippen molar-refractivity contribution in [2.24, 2.45) is 0 Å². The van der Waals surface area contributed by atoms with Gasteiger partial charge in [-0.3, -0.25) is 0 Å². The fourth-order valence-corrected chi connectivity index (χ4v) is 3.79. The molecule has 1 saturated heterocycles. The zero-order chi connectivity index (χ0) is 22.0. The highest BCUT2D eigenvalue weighted by Gasteiger charge is 2.41. The Morgan fingerprint density at radius 2 is 1.12 bits per heavy atom. The summed E-state index contributed by atoms with van der Waals surface area (Å²) in [6.45, 7) is 1.83. The summed E-state index contributed by atoms with van der Waals surface area (Å²) in [7, 11) is 0. The molecule has 0 radical (unpaired) electrons. The van der Waals surface area contributed by atoms with Gasteiger partial charge in [-0.1, -0.05) is 91.0 Å². The van der Waals surface area contributed by atoms with Crippen LogP contribution >= 0.6 is 0 Å². The molecule has 0 amide bonds. The van der Waals surface area contributed by atoms with Gasteiger partial charge in [0.25, 0.3) is 0 Å². The number of aliphatic hydroxyl groups excluding tert-OH is 1. The molecule has 0 saturated carbocycles. The predicted molar refractivity (Wildman–Crippen MR) is 122 cm³/mol. The van der Waals surface area contributed by atoms with Gasteiger partial charge in [-0.25, -0.2) is 0 Å². The summed E-state index contributed by atoms with van der Waals surface area (Å²) in [5.74, 6) is 0. The zero-order valence-electron chi connectivity index (χ0n) is 18.1. The third-order valence-electron chi connectivity index (χ3n) is 5.51. The molecule has 3 aromatic rings. The highest BCUT2D eigenvalue weighted by atomic mass is 16.6. The van der Waals surface area contributed by atoms with Crippen LogP contribution in [0.25, 0.3) is 0 Å². The monoisotopic (exact) mass is 434 g/mol. The summed E-state index contributed by atoms with van der Waals surface area (Å²) >= 11 is 0. The highest BCUT2D eigenvalue weighted by Crippen LogP contribution is 2.24. The van der Waals surface area contributed by atoms with Crippen LogP contribution in [0.4, 0.5) is 0 Å². The Balaban J connectivity index is 1.42. The van der Waals surface area contributed by atoms with Crippen molar-refractivity contribution >= 4 is 0 Å². The SMILES string of the molecule is O[C@H]1CO[C@H](COCc2ccccc2)[C@@H](OCc2ccccc2)[C@@H]1OCc1ccccc1. The summed E-state index contributed by atoms with van der Waals surface area (Å²) < 4.78 is 24.3. The Morgan fingerprint density at radius 3 is 1.66 bits per heavy atom. The minimum atomic E-state index is -0.773. The maximum atomic E-state index is 10.7. The van der Waals surface area contributed by atoms with E-state index in [9.17, 15) is 5.11 Å². The van der Waals surface area contributed by atoms with Crippen LogP contribution in [0.1, 0.15) is 16.7 Å². The molecule has 0 aliphatic carbocycles. The van der Waals surface area contributed by atoms with E-state index >= 15 is 0 Å². The first-order chi connectivity index (χ1) is 15.8. The smallest absolute Gasteiger partial charge is 0.115 e. The second-order valence-corrected chi connectivity index (χ2v) is 7.96. The van der Waals surface area contributed by atoms with Crippen LogP contribution in [-0.2, 0) is 38.8 Å². The average molecular weight is 435 g/mol. The van der Waals surface area contributed by atoms with Crippen molar-refractivity contribution in [3.05, 3.63) is 108 Å². The number of rotatable bonds is 10. The Labute approximate surface area is 189 Å². The fourth-order valence-electron chi connectivity index (χ4n) is 3.79. The molecule has 1 N–H and O–H groups in total. The first-order valence-electron chi connectivity index (χ1n) is 11.0. The molecule has 3 aromatic carbocycles. The molecule has 0 aromatic heterocycles. The van der Waals surface area contributed by atoms with E-state index in [4.69, 9.17) is 18.9 Å². The van der Waals surface area contributed by atoms with E-state index in [1.807, 2.05) is 91.0 Å². The summed E-state index contributed by atoms with van der Waals surface area (Å²) in [5, 5.41) is 10.7. The van der Waals surface area contributed by atoms with Crippen LogP contribution in [0.5, 0.6) is 0 Å². The topological polar surface area (TPSA) is 57.2 Å². The van der Waals surface area contributed by atoms with Gasteiger partial charge in [0.2, 0.25) is 0 Å². The lowest BCUT2D eigenvalue weighted by molar-refractivity contribution is -0.234. The Morgan fingerprint density at radius 1 is 0.656 bits per heavy atom. The third kappa shape index (κ3) is 6.48. The van der Waals surface area contributed by atoms with Crippen molar-refractivity contribution in [1.29, 1.82) is 0 Å². The molecule has 5 heteroatoms.